The molecule has 0 aliphatic carbocycles. The number of halogens is 2. The molecule has 0 bridgehead atoms. The van der Waals surface area contributed by atoms with Crippen LogP contribution in [-0.4, -0.2) is 17.8 Å². The van der Waals surface area contributed by atoms with E-state index in [0.717, 1.165) is 18.4 Å². The number of nitrogens with one attached hydrogen (secondary N) is 1. The monoisotopic (exact) mass is 303 g/mol. The lowest BCUT2D eigenvalue weighted by atomic mass is 10.1. The quantitative estimate of drug-likeness (QED) is 0.844. The van der Waals surface area contributed by atoms with Gasteiger partial charge in [0.1, 0.15) is 5.82 Å². The Balaban J connectivity index is 2.57. The molecule has 0 aliphatic rings. The largest absolute Gasteiger partial charge is 0.396 e. The summed E-state index contributed by atoms with van der Waals surface area (Å²) in [7, 11) is 0. The van der Waals surface area contributed by atoms with Gasteiger partial charge in [0.15, 0.2) is 0 Å². The number of hydrogen-bond acceptors (Lipinski definition) is 2. The van der Waals surface area contributed by atoms with E-state index in [0.29, 0.717) is 10.5 Å². The average molecular weight is 304 g/mol. The molecular weight excluding hydrogens is 285 g/mol. The summed E-state index contributed by atoms with van der Waals surface area (Å²) < 4.78 is 13.6. The lowest BCUT2D eigenvalue weighted by Gasteiger charge is -2.20. The molecule has 1 aromatic carbocycles. The second kappa shape index (κ2) is 7.09. The van der Waals surface area contributed by atoms with Crippen molar-refractivity contribution in [3.63, 3.8) is 0 Å². The van der Waals surface area contributed by atoms with Gasteiger partial charge in [0, 0.05) is 18.7 Å². The number of aliphatic hydroxyl groups is 1. The molecule has 0 saturated carbocycles. The minimum atomic E-state index is -0.241. The van der Waals surface area contributed by atoms with E-state index in [1.807, 2.05) is 0 Å². The summed E-state index contributed by atoms with van der Waals surface area (Å²) in [4.78, 5) is 0. The molecule has 4 heteroatoms. The Hall–Kier alpha value is -0.450. The van der Waals surface area contributed by atoms with Gasteiger partial charge in [0.25, 0.3) is 0 Å². The van der Waals surface area contributed by atoms with Crippen LogP contribution in [0.3, 0.4) is 0 Å². The second-order valence-electron chi connectivity index (χ2n) is 4.33. The lowest BCUT2D eigenvalue weighted by Crippen LogP contribution is -2.29. The summed E-state index contributed by atoms with van der Waals surface area (Å²) in [6.45, 7) is 4.36. The normalized spacial score (nSPS) is 14.6. The number of aliphatic hydroxyl groups excluding tert-OH is 1. The van der Waals surface area contributed by atoms with Gasteiger partial charge in [-0.2, -0.15) is 0 Å². The molecule has 0 radical (unpaired) electrons. The van der Waals surface area contributed by atoms with Crippen LogP contribution in [0.1, 0.15) is 38.3 Å². The number of hydrogen-bond donors (Lipinski definition) is 2. The van der Waals surface area contributed by atoms with E-state index in [1.54, 1.807) is 12.1 Å². The van der Waals surface area contributed by atoms with Crippen LogP contribution < -0.4 is 5.32 Å². The molecule has 0 aliphatic heterocycles. The van der Waals surface area contributed by atoms with Gasteiger partial charge in [-0.15, -0.1) is 0 Å². The molecule has 0 amide bonds. The highest BCUT2D eigenvalue weighted by atomic mass is 79.9. The van der Waals surface area contributed by atoms with Crippen LogP contribution in [0.15, 0.2) is 22.7 Å². The van der Waals surface area contributed by atoms with E-state index in [-0.39, 0.29) is 18.5 Å². The van der Waals surface area contributed by atoms with Gasteiger partial charge in [-0.25, -0.2) is 4.39 Å². The van der Waals surface area contributed by atoms with Crippen molar-refractivity contribution in [1.82, 2.24) is 5.32 Å². The maximum absolute atomic E-state index is 13.1. The third kappa shape index (κ3) is 4.74. The fourth-order valence-corrected chi connectivity index (χ4v) is 2.18. The van der Waals surface area contributed by atoms with Crippen molar-refractivity contribution in [3.8, 4) is 0 Å². The van der Waals surface area contributed by atoms with Crippen molar-refractivity contribution in [2.75, 3.05) is 6.61 Å². The van der Waals surface area contributed by atoms with E-state index < -0.39 is 0 Å². The van der Waals surface area contributed by atoms with Crippen LogP contribution in [0.2, 0.25) is 0 Å². The fraction of sp³-hybridized carbons (Fsp3) is 0.538. The van der Waals surface area contributed by atoms with E-state index in [2.05, 4.69) is 35.1 Å². The molecule has 2 atom stereocenters. The van der Waals surface area contributed by atoms with Crippen molar-refractivity contribution < 1.29 is 9.50 Å². The maximum atomic E-state index is 13.1. The zero-order chi connectivity index (χ0) is 12.8. The maximum Gasteiger partial charge on any atom is 0.137 e. The highest BCUT2D eigenvalue weighted by Gasteiger charge is 2.10. The lowest BCUT2D eigenvalue weighted by molar-refractivity contribution is 0.274. The van der Waals surface area contributed by atoms with Gasteiger partial charge >= 0.3 is 0 Å². The summed E-state index contributed by atoms with van der Waals surface area (Å²) in [6, 6.07) is 5.56. The first-order valence-electron chi connectivity index (χ1n) is 5.86. The van der Waals surface area contributed by atoms with Crippen LogP contribution in [-0.2, 0) is 0 Å². The Morgan fingerprint density at radius 3 is 2.71 bits per heavy atom. The summed E-state index contributed by atoms with van der Waals surface area (Å²) >= 11 is 3.19. The Kier molecular flexibility index (Phi) is 6.09. The van der Waals surface area contributed by atoms with E-state index >= 15 is 0 Å². The van der Waals surface area contributed by atoms with Crippen molar-refractivity contribution in [2.45, 2.75) is 38.8 Å². The van der Waals surface area contributed by atoms with E-state index in [1.165, 1.54) is 6.07 Å². The van der Waals surface area contributed by atoms with Crippen LogP contribution in [0, 0.1) is 5.82 Å². The molecule has 0 spiro atoms. The summed E-state index contributed by atoms with van der Waals surface area (Å²) in [5.41, 5.74) is 1.05. The first-order chi connectivity index (χ1) is 8.04. The Bertz CT molecular complexity index is 359. The molecular formula is C13H19BrFNO. The first kappa shape index (κ1) is 14.6. The molecule has 0 heterocycles. The van der Waals surface area contributed by atoms with Gasteiger partial charge in [0.05, 0.1) is 4.47 Å². The molecule has 0 aromatic heterocycles. The molecule has 17 heavy (non-hydrogen) atoms. The summed E-state index contributed by atoms with van der Waals surface area (Å²) in [5.74, 6) is -0.241. The first-order valence-corrected chi connectivity index (χ1v) is 6.65. The summed E-state index contributed by atoms with van der Waals surface area (Å²) in [6.07, 6.45) is 1.73. The highest BCUT2D eigenvalue weighted by Crippen LogP contribution is 2.21. The topological polar surface area (TPSA) is 32.3 Å². The highest BCUT2D eigenvalue weighted by molar-refractivity contribution is 9.10. The second-order valence-corrected chi connectivity index (χ2v) is 5.18. The van der Waals surface area contributed by atoms with Crippen molar-refractivity contribution in [3.05, 3.63) is 34.1 Å². The molecule has 1 aromatic rings. The Morgan fingerprint density at radius 2 is 2.12 bits per heavy atom. The Morgan fingerprint density at radius 1 is 1.41 bits per heavy atom. The van der Waals surface area contributed by atoms with E-state index in [4.69, 9.17) is 5.11 Å². The molecule has 0 saturated heterocycles. The van der Waals surface area contributed by atoms with E-state index in [9.17, 15) is 4.39 Å². The molecule has 1 rings (SSSR count). The predicted octanol–water partition coefficient (Wildman–Crippen LogP) is 3.40. The van der Waals surface area contributed by atoms with Crippen LogP contribution >= 0.6 is 15.9 Å². The van der Waals surface area contributed by atoms with Crippen LogP contribution in [0.4, 0.5) is 4.39 Å². The fourth-order valence-electron chi connectivity index (χ4n) is 1.79. The number of rotatable bonds is 6. The van der Waals surface area contributed by atoms with Crippen molar-refractivity contribution in [2.24, 2.45) is 0 Å². The zero-order valence-electron chi connectivity index (χ0n) is 10.2. The van der Waals surface area contributed by atoms with Gasteiger partial charge in [-0.05, 0) is 60.3 Å². The third-order valence-corrected chi connectivity index (χ3v) is 3.38. The predicted molar refractivity (Wildman–Crippen MR) is 71.4 cm³/mol. The molecule has 0 fully saturated rings. The molecule has 2 nitrogen and oxygen atoms in total. The zero-order valence-corrected chi connectivity index (χ0v) is 11.8. The van der Waals surface area contributed by atoms with Gasteiger partial charge in [-0.3, -0.25) is 0 Å². The smallest absolute Gasteiger partial charge is 0.137 e. The van der Waals surface area contributed by atoms with Gasteiger partial charge < -0.3 is 10.4 Å². The third-order valence-electron chi connectivity index (χ3n) is 2.77. The van der Waals surface area contributed by atoms with Crippen molar-refractivity contribution >= 4 is 15.9 Å². The molecule has 2 N–H and O–H groups in total. The Labute approximate surface area is 110 Å². The minimum Gasteiger partial charge on any atom is -0.396 e. The molecule has 96 valence electrons. The van der Waals surface area contributed by atoms with Crippen LogP contribution in [0.5, 0.6) is 0 Å². The average Bonchev–Trinajstić information content (AvgIpc) is 2.30. The summed E-state index contributed by atoms with van der Waals surface area (Å²) in [5, 5.41) is 12.2. The van der Waals surface area contributed by atoms with Gasteiger partial charge in [0.2, 0.25) is 0 Å². The van der Waals surface area contributed by atoms with Crippen LogP contribution in [0.25, 0.3) is 0 Å². The molecule has 2 unspecified atom stereocenters. The minimum absolute atomic E-state index is 0.167. The van der Waals surface area contributed by atoms with Gasteiger partial charge in [-0.1, -0.05) is 6.07 Å². The van der Waals surface area contributed by atoms with Crippen molar-refractivity contribution in [1.29, 1.82) is 0 Å². The standard InChI is InChI=1S/C13H19BrFNO/c1-9(4-3-7-17)16-10(2)11-5-6-13(15)12(14)8-11/h5-6,8-10,16-17H,3-4,7H2,1-2H3. The number of benzene rings is 1. The SMILES string of the molecule is CC(CCCO)NC(C)c1ccc(F)c(Br)c1.